The highest BCUT2D eigenvalue weighted by Crippen LogP contribution is 2.38. The van der Waals surface area contributed by atoms with E-state index in [1.54, 1.807) is 0 Å². The van der Waals surface area contributed by atoms with Crippen LogP contribution in [0.15, 0.2) is 0 Å². The Bertz CT molecular complexity index is 354. The molecule has 1 heterocycles. The number of hydrogen-bond donors (Lipinski definition) is 1. The predicted octanol–water partition coefficient (Wildman–Crippen LogP) is 1.90. The Balaban J connectivity index is 2.69. The zero-order chi connectivity index (χ0) is 13.5. The van der Waals surface area contributed by atoms with Gasteiger partial charge in [0, 0.05) is 13.1 Å². The standard InChI is InChI=1S/C12H24N4OS/c1-5-16(9-7-8-15(3)4)12-10(17-6-2)11(13)14-18-12/h5-9H2,1-4H3,(H2,13,14). The van der Waals surface area contributed by atoms with Crippen molar-refractivity contribution in [1.29, 1.82) is 0 Å². The summed E-state index contributed by atoms with van der Waals surface area (Å²) in [5.74, 6) is 1.25. The van der Waals surface area contributed by atoms with Crippen molar-refractivity contribution >= 4 is 22.4 Å². The summed E-state index contributed by atoms with van der Waals surface area (Å²) in [5.41, 5.74) is 5.84. The second kappa shape index (κ2) is 7.43. The van der Waals surface area contributed by atoms with E-state index < -0.39 is 0 Å². The number of nitrogen functional groups attached to an aromatic ring is 1. The van der Waals surface area contributed by atoms with Gasteiger partial charge in [0.1, 0.15) is 0 Å². The van der Waals surface area contributed by atoms with Crippen LogP contribution in [0.1, 0.15) is 20.3 Å². The minimum atomic E-state index is 0.503. The Morgan fingerprint density at radius 2 is 2.00 bits per heavy atom. The SMILES string of the molecule is CCOc1c(N)nsc1N(CC)CCCN(C)C. The Morgan fingerprint density at radius 1 is 1.28 bits per heavy atom. The lowest BCUT2D eigenvalue weighted by Crippen LogP contribution is -2.26. The van der Waals surface area contributed by atoms with E-state index in [-0.39, 0.29) is 0 Å². The van der Waals surface area contributed by atoms with Crippen LogP contribution >= 0.6 is 11.5 Å². The van der Waals surface area contributed by atoms with E-state index in [4.69, 9.17) is 10.5 Å². The number of nitrogens with zero attached hydrogens (tertiary/aromatic N) is 3. The first kappa shape index (κ1) is 15.0. The van der Waals surface area contributed by atoms with Crippen molar-refractivity contribution in [1.82, 2.24) is 9.27 Å². The Labute approximate surface area is 114 Å². The minimum Gasteiger partial charge on any atom is -0.487 e. The number of ether oxygens (including phenoxy) is 1. The van der Waals surface area contributed by atoms with Crippen LogP contribution in [-0.4, -0.2) is 49.6 Å². The van der Waals surface area contributed by atoms with Crippen molar-refractivity contribution < 1.29 is 4.74 Å². The van der Waals surface area contributed by atoms with Crippen molar-refractivity contribution in [2.75, 3.05) is 51.0 Å². The Kier molecular flexibility index (Phi) is 6.21. The number of hydrogen-bond acceptors (Lipinski definition) is 6. The molecule has 0 saturated carbocycles. The van der Waals surface area contributed by atoms with Crippen LogP contribution in [-0.2, 0) is 0 Å². The minimum absolute atomic E-state index is 0.503. The average molecular weight is 272 g/mol. The molecule has 18 heavy (non-hydrogen) atoms. The van der Waals surface area contributed by atoms with E-state index in [0.29, 0.717) is 12.4 Å². The largest absolute Gasteiger partial charge is 0.487 e. The molecular weight excluding hydrogens is 248 g/mol. The van der Waals surface area contributed by atoms with Crippen LogP contribution in [0.25, 0.3) is 0 Å². The van der Waals surface area contributed by atoms with E-state index in [9.17, 15) is 0 Å². The van der Waals surface area contributed by atoms with Gasteiger partial charge in [-0.3, -0.25) is 0 Å². The molecule has 104 valence electrons. The molecule has 0 saturated heterocycles. The van der Waals surface area contributed by atoms with Crippen molar-refractivity contribution in [2.45, 2.75) is 20.3 Å². The topological polar surface area (TPSA) is 54.6 Å². The summed E-state index contributed by atoms with van der Waals surface area (Å²) >= 11 is 1.42. The summed E-state index contributed by atoms with van der Waals surface area (Å²) in [4.78, 5) is 4.47. The van der Waals surface area contributed by atoms with Crippen molar-refractivity contribution in [2.24, 2.45) is 0 Å². The first-order chi connectivity index (χ1) is 8.60. The smallest absolute Gasteiger partial charge is 0.197 e. The fourth-order valence-corrected chi connectivity index (χ4v) is 2.60. The van der Waals surface area contributed by atoms with Gasteiger partial charge in [0.2, 0.25) is 0 Å². The third kappa shape index (κ3) is 4.03. The maximum atomic E-state index is 5.84. The zero-order valence-corrected chi connectivity index (χ0v) is 12.6. The number of anilines is 2. The van der Waals surface area contributed by atoms with E-state index >= 15 is 0 Å². The van der Waals surface area contributed by atoms with E-state index in [1.165, 1.54) is 11.5 Å². The van der Waals surface area contributed by atoms with Crippen molar-refractivity contribution in [3.8, 4) is 5.75 Å². The summed E-state index contributed by atoms with van der Waals surface area (Å²) in [6.45, 7) is 7.73. The van der Waals surface area contributed by atoms with Crippen LogP contribution in [0.2, 0.25) is 0 Å². The first-order valence-corrected chi connectivity index (χ1v) is 7.15. The van der Waals surface area contributed by atoms with Gasteiger partial charge in [-0.15, -0.1) is 0 Å². The number of nitrogens with two attached hydrogens (primary N) is 1. The first-order valence-electron chi connectivity index (χ1n) is 6.37. The van der Waals surface area contributed by atoms with Crippen LogP contribution in [0.3, 0.4) is 0 Å². The van der Waals surface area contributed by atoms with Gasteiger partial charge in [0.05, 0.1) is 6.61 Å². The Morgan fingerprint density at radius 3 is 2.56 bits per heavy atom. The molecule has 2 N–H and O–H groups in total. The van der Waals surface area contributed by atoms with Gasteiger partial charge in [-0.05, 0) is 52.4 Å². The second-order valence-corrected chi connectivity index (χ2v) is 5.12. The lowest BCUT2D eigenvalue weighted by atomic mass is 10.3. The lowest BCUT2D eigenvalue weighted by Gasteiger charge is -2.22. The molecular formula is C12H24N4OS. The molecule has 5 nitrogen and oxygen atoms in total. The molecule has 0 aromatic carbocycles. The molecule has 0 aliphatic rings. The average Bonchev–Trinajstić information content (AvgIpc) is 2.67. The highest BCUT2D eigenvalue weighted by Gasteiger charge is 2.17. The lowest BCUT2D eigenvalue weighted by molar-refractivity contribution is 0.342. The van der Waals surface area contributed by atoms with Gasteiger partial charge in [-0.2, -0.15) is 4.37 Å². The van der Waals surface area contributed by atoms with Gasteiger partial charge in [-0.1, -0.05) is 0 Å². The molecule has 0 unspecified atom stereocenters. The molecule has 0 radical (unpaired) electrons. The molecule has 0 atom stereocenters. The van der Waals surface area contributed by atoms with Gasteiger partial charge in [0.25, 0.3) is 0 Å². The van der Waals surface area contributed by atoms with Gasteiger partial charge >= 0.3 is 0 Å². The Hall–Kier alpha value is -1.01. The van der Waals surface area contributed by atoms with Crippen LogP contribution in [0, 0.1) is 0 Å². The van der Waals surface area contributed by atoms with Crippen molar-refractivity contribution in [3.05, 3.63) is 0 Å². The normalized spacial score (nSPS) is 10.9. The number of rotatable bonds is 8. The molecule has 0 aliphatic heterocycles. The molecule has 0 fully saturated rings. The third-order valence-corrected chi connectivity index (χ3v) is 3.55. The van der Waals surface area contributed by atoms with E-state index in [2.05, 4.69) is 35.2 Å². The fourth-order valence-electron chi connectivity index (χ4n) is 1.75. The highest BCUT2D eigenvalue weighted by atomic mass is 32.1. The predicted molar refractivity (Wildman–Crippen MR) is 78.8 cm³/mol. The van der Waals surface area contributed by atoms with Crippen LogP contribution in [0.5, 0.6) is 5.75 Å². The summed E-state index contributed by atoms with van der Waals surface area (Å²) in [5, 5.41) is 1.05. The maximum absolute atomic E-state index is 5.84. The molecule has 0 amide bonds. The fraction of sp³-hybridized carbons (Fsp3) is 0.750. The third-order valence-electron chi connectivity index (χ3n) is 2.65. The number of aromatic nitrogens is 1. The summed E-state index contributed by atoms with van der Waals surface area (Å²) in [6.07, 6.45) is 1.12. The van der Waals surface area contributed by atoms with Crippen LogP contribution in [0.4, 0.5) is 10.8 Å². The summed E-state index contributed by atoms with van der Waals surface area (Å²) in [6, 6.07) is 0. The monoisotopic (exact) mass is 272 g/mol. The highest BCUT2D eigenvalue weighted by molar-refractivity contribution is 7.11. The van der Waals surface area contributed by atoms with Gasteiger partial charge in [0.15, 0.2) is 16.6 Å². The molecule has 0 aliphatic carbocycles. The quantitative estimate of drug-likeness (QED) is 0.783. The maximum Gasteiger partial charge on any atom is 0.197 e. The summed E-state index contributed by atoms with van der Waals surface area (Å²) in [7, 11) is 4.18. The van der Waals surface area contributed by atoms with Gasteiger partial charge in [-0.25, -0.2) is 0 Å². The van der Waals surface area contributed by atoms with Gasteiger partial charge < -0.3 is 20.3 Å². The molecule has 0 bridgehead atoms. The molecule has 1 aromatic rings. The van der Waals surface area contributed by atoms with Crippen LogP contribution < -0.4 is 15.4 Å². The molecule has 1 aromatic heterocycles. The second-order valence-electron chi connectivity index (χ2n) is 4.37. The molecule has 1 rings (SSSR count). The van der Waals surface area contributed by atoms with E-state index in [0.717, 1.165) is 36.8 Å². The van der Waals surface area contributed by atoms with Crippen molar-refractivity contribution in [3.63, 3.8) is 0 Å². The molecule has 0 spiro atoms. The zero-order valence-electron chi connectivity index (χ0n) is 11.8. The summed E-state index contributed by atoms with van der Waals surface area (Å²) < 4.78 is 9.78. The van der Waals surface area contributed by atoms with E-state index in [1.807, 2.05) is 6.92 Å². The molecule has 6 heteroatoms.